The zero-order chi connectivity index (χ0) is 108. The van der Waals surface area contributed by atoms with Crippen molar-refractivity contribution in [1.82, 2.24) is 44.6 Å². The van der Waals surface area contributed by atoms with Crippen LogP contribution in [-0.2, 0) is 96.4 Å². The van der Waals surface area contributed by atoms with Gasteiger partial charge in [0.15, 0.2) is 0 Å². The highest BCUT2D eigenvalue weighted by atomic mass is 19.4. The summed E-state index contributed by atoms with van der Waals surface area (Å²) < 4.78 is 271. The molecule has 3 aliphatic carbocycles. The number of amides is 4. The number of aliphatic carboxylic acids is 3. The van der Waals surface area contributed by atoms with Crippen molar-refractivity contribution in [2.75, 3.05) is 57.3 Å². The van der Waals surface area contributed by atoms with E-state index in [2.05, 4.69) is 29.9 Å². The number of hydrogen-bond acceptors (Lipinski definition) is 23. The smallest absolute Gasteiger partial charge is 0.416 e. The van der Waals surface area contributed by atoms with E-state index in [1.807, 2.05) is 46.4 Å². The number of aryl methyl sites for hydroxylation is 1. The van der Waals surface area contributed by atoms with Crippen molar-refractivity contribution in [3.8, 4) is 0 Å². The molecule has 48 heteroatoms. The number of alkyl halides is 18. The maximum atomic E-state index is 13.8. The second-order valence-electron chi connectivity index (χ2n) is 39.0. The Morgan fingerprint density at radius 3 is 0.858 bits per heavy atom. The summed E-state index contributed by atoms with van der Waals surface area (Å²) in [4.78, 5) is 127. The molecule has 148 heavy (non-hydrogen) atoms. The fourth-order valence-electron chi connectivity index (χ4n) is 21.2. The van der Waals surface area contributed by atoms with Crippen LogP contribution in [-0.4, -0.2) is 224 Å². The number of aliphatic hydroxyl groups is 2. The molecular formula is C100H124F18N14O16. The predicted octanol–water partition coefficient (Wildman–Crippen LogP) is 21.4. The van der Waals surface area contributed by atoms with E-state index < -0.39 is 192 Å². The molecule has 3 saturated carbocycles. The number of ether oxygens (including phenoxy) is 4. The van der Waals surface area contributed by atoms with Crippen molar-refractivity contribution in [1.29, 1.82) is 0 Å². The Kier molecular flexibility index (Phi) is 38.3. The van der Waals surface area contributed by atoms with Gasteiger partial charge in [0.2, 0.25) is 17.8 Å². The molecule has 8 aliphatic rings. The minimum Gasteiger partial charge on any atom is -0.481 e. The molecular weight excluding hydrogens is 2000 g/mol. The van der Waals surface area contributed by atoms with Crippen LogP contribution in [0.15, 0.2) is 91.8 Å². The third-order valence-corrected chi connectivity index (χ3v) is 29.2. The summed E-state index contributed by atoms with van der Waals surface area (Å²) in [5, 5.41) is 47.1. The number of anilines is 5. The topological polar surface area (TPSA) is 361 Å². The van der Waals surface area contributed by atoms with Gasteiger partial charge < -0.3 is 78.8 Å². The van der Waals surface area contributed by atoms with Crippen molar-refractivity contribution in [2.24, 2.45) is 17.8 Å². The summed E-state index contributed by atoms with van der Waals surface area (Å²) in [6, 6.07) is 0.720. The number of nitrogens with zero attached hydrogens (tertiary/aromatic N) is 14. The molecule has 5 aliphatic heterocycles. The van der Waals surface area contributed by atoms with E-state index in [-0.39, 0.29) is 123 Å². The fourth-order valence-corrected chi connectivity index (χ4v) is 21.2. The van der Waals surface area contributed by atoms with Crippen molar-refractivity contribution in [2.45, 2.75) is 350 Å². The lowest BCUT2D eigenvalue weighted by molar-refractivity contribution is -0.144. The summed E-state index contributed by atoms with van der Waals surface area (Å²) in [6.07, 6.45) is -14.0. The second-order valence-corrected chi connectivity index (χ2v) is 39.0. The second kappa shape index (κ2) is 49.3. The average Bonchev–Trinajstić information content (AvgIpc) is 0.881. The largest absolute Gasteiger partial charge is 0.481 e. The third-order valence-electron chi connectivity index (χ3n) is 29.2. The van der Waals surface area contributed by atoms with E-state index in [1.165, 1.54) is 42.1 Å². The standard InChI is InChI=1S/C34H43F6N5O5.C33H39F6N5O6.C33H42F6N4O5/c1-3-24-14-26(15-25(4-2)45(24)32(49)50-29-7-5-21(6-8-29)30(47)48)44(31-41-16-27(17-42-31)43-10-9-28(46)19-43)18-20-11-22(33(35,36)37)13-23(12-20)34(38,39)40;1-3-23-14-25(15-24(4-2)44(23)31(48)50-27-7-5-20(6-8-27)28(45)46)43(29-40-16-26(17-41-29)42-9-10-49-30(42)47)18-19-11-21(32(34,35)36)13-22(12-19)33(37,38)39;1-3-25-15-27(16-26(4-2)43(25)31(47)48-28-9-7-22(8-10-28)29(45)46)42(30-40-17-20(18-41-30)6-5-11-44)19-21-12-23(32(34,35)36)14-24(13-21)33(37,38)39/h11-13,16-17,21,24-26,28-29,46H,3-10,14-15,18-19H2,1-2H3,(H,47,48);11-13,16-17,20,23-25,27H,3-10,14-15,18H2,1-2H3,(H,45,46);12-14,17-18,22,25-28,44H,3-11,15-16,19H2,1-2H3,(H,45,46)/t21?,24-,25+,26?,28-,29?;20?,23-,24+,25?,27?;22?,25-,26+,27?,28?/m0../s1. The van der Waals surface area contributed by atoms with Gasteiger partial charge in [-0.2, -0.15) is 79.0 Å². The number of carbonyl (C=O) groups is 7. The summed E-state index contributed by atoms with van der Waals surface area (Å²) in [7, 11) is 0. The van der Waals surface area contributed by atoms with Crippen LogP contribution in [0.3, 0.4) is 0 Å². The molecule has 816 valence electrons. The van der Waals surface area contributed by atoms with Crippen molar-refractivity contribution in [3.63, 3.8) is 0 Å². The highest BCUT2D eigenvalue weighted by Gasteiger charge is 2.50. The van der Waals surface area contributed by atoms with Crippen molar-refractivity contribution < 1.29 is 157 Å². The van der Waals surface area contributed by atoms with Crippen molar-refractivity contribution >= 4 is 71.5 Å². The maximum Gasteiger partial charge on any atom is 0.416 e. The number of hydrogen-bond donors (Lipinski definition) is 5. The Morgan fingerprint density at radius 1 is 0.372 bits per heavy atom. The van der Waals surface area contributed by atoms with Crippen molar-refractivity contribution in [3.05, 3.63) is 147 Å². The first-order valence-corrected chi connectivity index (χ1v) is 50.0. The molecule has 4 amide bonds. The number of aliphatic hydroxyl groups excluding tert-OH is 2. The molecule has 0 bridgehead atoms. The maximum absolute atomic E-state index is 13.8. The third kappa shape index (κ3) is 29.7. The van der Waals surface area contributed by atoms with E-state index in [0.29, 0.717) is 227 Å². The lowest BCUT2D eigenvalue weighted by Gasteiger charge is -2.47. The number of carbonyl (C=O) groups excluding carboxylic acids is 4. The predicted molar refractivity (Wildman–Crippen MR) is 500 cm³/mol. The van der Waals surface area contributed by atoms with Gasteiger partial charge in [-0.15, -0.1) is 0 Å². The number of carboxylic acids is 3. The van der Waals surface area contributed by atoms with Crippen LogP contribution in [0.1, 0.15) is 264 Å². The quantitative estimate of drug-likeness (QED) is 0.0215. The van der Waals surface area contributed by atoms with E-state index in [4.69, 9.17) is 18.9 Å². The van der Waals surface area contributed by atoms with E-state index in [1.54, 1.807) is 29.4 Å². The minimum absolute atomic E-state index is 0.0215. The van der Waals surface area contributed by atoms with Gasteiger partial charge in [-0.25, -0.2) is 49.1 Å². The van der Waals surface area contributed by atoms with Gasteiger partial charge >= 0.3 is 79.3 Å². The number of β-amino-alcohol motifs (C(OH)–C–C–N with tert-alkyl or cyclic N) is 1. The lowest BCUT2D eigenvalue weighted by atomic mass is 9.87. The molecule has 10 atom stereocenters. The SMILES string of the molecule is CC[C@@H]1CC(N(Cc2cc(C(F)(F)F)cc(C(F)(F)F)c2)c2ncc(CCCO)cn2)C[C@H](CC)N1C(=O)OC1CCC(C(=O)O)CC1.CC[C@@H]1CC(N(Cc2cc(C(F)(F)F)cc(C(F)(F)F)c2)c2ncc(N3CCOC3=O)cn2)C[C@H](CC)N1C(=O)OC1CCC(C(=O)O)CC1.CC[C@@H]1CC(N(Cc2cc(C(F)(F)F)cc(C(F)(F)F)c2)c2ncc(N3CC[C@H](O)C3)cn2)C[C@H](CC)N1C(=O)OC1CCC(C(=O)O)CC1. The van der Waals surface area contributed by atoms with Crippen LogP contribution in [0.25, 0.3) is 0 Å². The first-order chi connectivity index (χ1) is 69.8. The first kappa shape index (κ1) is 115. The molecule has 0 spiro atoms. The van der Waals surface area contributed by atoms with Crippen LogP contribution in [0.4, 0.5) is 127 Å². The van der Waals surface area contributed by atoms with Gasteiger partial charge in [0.05, 0.1) is 99.9 Å². The molecule has 14 rings (SSSR count). The van der Waals surface area contributed by atoms with Gasteiger partial charge in [0, 0.05) is 106 Å². The highest BCUT2D eigenvalue weighted by molar-refractivity contribution is 5.89. The molecule has 3 unspecified atom stereocenters. The molecule has 5 N–H and O–H groups in total. The van der Waals surface area contributed by atoms with E-state index >= 15 is 0 Å². The van der Waals surface area contributed by atoms with E-state index in [0.717, 1.165) is 0 Å². The average molecular weight is 2120 g/mol. The Hall–Kier alpha value is -11.8. The summed E-state index contributed by atoms with van der Waals surface area (Å²) in [5.41, 5.74) is -7.62. The number of rotatable bonds is 29. The number of benzene rings is 3. The van der Waals surface area contributed by atoms with Gasteiger partial charge in [0.1, 0.15) is 24.9 Å². The molecule has 3 aromatic carbocycles. The zero-order valence-corrected chi connectivity index (χ0v) is 82.4. The number of carboxylic acid groups (broad SMARTS) is 3. The van der Waals surface area contributed by atoms with E-state index in [9.17, 15) is 138 Å². The molecule has 8 heterocycles. The number of aromatic nitrogens is 6. The fraction of sp³-hybridized carbons (Fsp3) is 0.630. The van der Waals surface area contributed by atoms with Crippen LogP contribution in [0, 0.1) is 17.8 Å². The van der Waals surface area contributed by atoms with Crippen LogP contribution < -0.4 is 24.5 Å². The number of piperidine rings is 3. The lowest BCUT2D eigenvalue weighted by Crippen LogP contribution is -2.57. The number of cyclic esters (lactones) is 1. The van der Waals surface area contributed by atoms with Crippen LogP contribution >= 0.6 is 0 Å². The van der Waals surface area contributed by atoms with Crippen LogP contribution in [0.5, 0.6) is 0 Å². The summed E-state index contributed by atoms with van der Waals surface area (Å²) in [5.74, 6) is -3.79. The highest BCUT2D eigenvalue weighted by Crippen LogP contribution is 2.46. The molecule has 5 saturated heterocycles. The molecule has 30 nitrogen and oxygen atoms in total. The zero-order valence-electron chi connectivity index (χ0n) is 82.4. The Bertz CT molecular complexity index is 5300. The molecule has 0 radical (unpaired) electrons. The molecule has 8 fully saturated rings. The summed E-state index contributed by atoms with van der Waals surface area (Å²) >= 11 is 0. The normalized spacial score (nSPS) is 24.8. The Morgan fingerprint density at radius 2 is 0.635 bits per heavy atom. The minimum atomic E-state index is -5.04. The van der Waals surface area contributed by atoms with Gasteiger partial charge in [-0.05, 0) is 250 Å². The van der Waals surface area contributed by atoms with Crippen LogP contribution in [0.2, 0.25) is 0 Å². The Labute approximate surface area is 842 Å². The van der Waals surface area contributed by atoms with Gasteiger partial charge in [0.25, 0.3) is 0 Å². The summed E-state index contributed by atoms with van der Waals surface area (Å²) in [6.45, 7) is 11.5. The first-order valence-electron chi connectivity index (χ1n) is 50.0. The number of likely N-dealkylation sites (tertiary alicyclic amines) is 3. The monoisotopic (exact) mass is 2120 g/mol. The molecule has 3 aromatic heterocycles. The Balaban J connectivity index is 0.000000197. The van der Waals surface area contributed by atoms with Gasteiger partial charge in [-0.1, -0.05) is 41.5 Å². The number of halogens is 18. The molecule has 6 aromatic rings. The van der Waals surface area contributed by atoms with Gasteiger partial charge in [-0.3, -0.25) is 19.3 Å².